The zero-order chi connectivity index (χ0) is 12.9. The monoisotopic (exact) mass is 244 g/mol. The lowest BCUT2D eigenvalue weighted by atomic mass is 10.2. The number of alkyl halides is 3. The van der Waals surface area contributed by atoms with Gasteiger partial charge in [-0.3, -0.25) is 0 Å². The summed E-state index contributed by atoms with van der Waals surface area (Å²) < 4.78 is 42.6. The first-order valence-corrected chi connectivity index (χ1v) is 5.36. The molecule has 0 aliphatic heterocycles. The van der Waals surface area contributed by atoms with E-state index >= 15 is 0 Å². The molecule has 0 N–H and O–H groups in total. The van der Waals surface area contributed by atoms with Crippen LogP contribution in [0.4, 0.5) is 13.2 Å². The van der Waals surface area contributed by atoms with Gasteiger partial charge in [0.1, 0.15) is 5.75 Å². The van der Waals surface area contributed by atoms with Crippen molar-refractivity contribution in [3.8, 4) is 5.75 Å². The van der Waals surface area contributed by atoms with E-state index in [0.717, 1.165) is 12.1 Å². The topological polar surface area (TPSA) is 9.23 Å². The summed E-state index contributed by atoms with van der Waals surface area (Å²) in [6.07, 6.45) is -0.498. The van der Waals surface area contributed by atoms with Gasteiger partial charge in [-0.25, -0.2) is 0 Å². The molecule has 0 saturated carbocycles. The molecule has 94 valence electrons. The van der Waals surface area contributed by atoms with E-state index in [4.69, 9.17) is 4.74 Å². The van der Waals surface area contributed by atoms with Crippen LogP contribution < -0.4 is 4.74 Å². The van der Waals surface area contributed by atoms with Crippen LogP contribution in [0, 0.1) is 5.92 Å². The molecule has 0 aliphatic rings. The van der Waals surface area contributed by atoms with E-state index in [2.05, 4.69) is 0 Å². The fourth-order valence-electron chi connectivity index (χ4n) is 1.37. The third kappa shape index (κ3) is 4.51. The lowest BCUT2D eigenvalue weighted by Crippen LogP contribution is -2.08. The molecule has 0 fully saturated rings. The van der Waals surface area contributed by atoms with Gasteiger partial charge in [-0.05, 0) is 25.1 Å². The number of rotatable bonds is 4. The highest BCUT2D eigenvalue weighted by Gasteiger charge is 2.30. The van der Waals surface area contributed by atoms with Crippen molar-refractivity contribution >= 4 is 0 Å². The van der Waals surface area contributed by atoms with Crippen LogP contribution in [0.25, 0.3) is 0 Å². The third-order valence-electron chi connectivity index (χ3n) is 2.20. The molecule has 0 aliphatic carbocycles. The fourth-order valence-corrected chi connectivity index (χ4v) is 1.37. The molecule has 0 bridgehead atoms. The van der Waals surface area contributed by atoms with Gasteiger partial charge in [-0.15, -0.1) is 0 Å². The Balaban J connectivity index is 2.67. The minimum Gasteiger partial charge on any atom is -0.493 e. The van der Waals surface area contributed by atoms with Crippen molar-refractivity contribution in [2.45, 2.75) is 20.0 Å². The van der Waals surface area contributed by atoms with E-state index in [9.17, 15) is 13.2 Å². The van der Waals surface area contributed by atoms with Gasteiger partial charge in [0.15, 0.2) is 0 Å². The highest BCUT2D eigenvalue weighted by atomic mass is 19.4. The molecular weight excluding hydrogens is 229 g/mol. The number of ether oxygens (including phenoxy) is 1. The minimum atomic E-state index is -4.33. The Morgan fingerprint density at radius 2 is 2.06 bits per heavy atom. The van der Waals surface area contributed by atoms with Gasteiger partial charge in [0.2, 0.25) is 0 Å². The Morgan fingerprint density at radius 3 is 2.65 bits per heavy atom. The lowest BCUT2D eigenvalue weighted by Gasteiger charge is -2.12. The Bertz CT molecular complexity index is 382. The van der Waals surface area contributed by atoms with Gasteiger partial charge in [-0.2, -0.15) is 13.2 Å². The lowest BCUT2D eigenvalue weighted by molar-refractivity contribution is -0.137. The van der Waals surface area contributed by atoms with Gasteiger partial charge in [0, 0.05) is 5.92 Å². The first-order valence-electron chi connectivity index (χ1n) is 5.36. The molecule has 1 aromatic rings. The van der Waals surface area contributed by atoms with Gasteiger partial charge in [-0.1, -0.05) is 25.1 Å². The average molecular weight is 244 g/mol. The number of halogens is 3. The van der Waals surface area contributed by atoms with Crippen molar-refractivity contribution in [2.24, 2.45) is 5.92 Å². The van der Waals surface area contributed by atoms with Crippen molar-refractivity contribution in [2.75, 3.05) is 6.61 Å². The van der Waals surface area contributed by atoms with Gasteiger partial charge >= 0.3 is 6.18 Å². The molecule has 0 unspecified atom stereocenters. The first kappa shape index (κ1) is 13.6. The molecule has 17 heavy (non-hydrogen) atoms. The first-order chi connectivity index (χ1) is 7.93. The summed E-state index contributed by atoms with van der Waals surface area (Å²) in [7, 11) is 0. The Kier molecular flexibility index (Phi) is 4.61. The van der Waals surface area contributed by atoms with Crippen molar-refractivity contribution in [1.29, 1.82) is 0 Å². The summed E-state index contributed by atoms with van der Waals surface area (Å²) in [6.45, 7) is 4.19. The maximum absolute atomic E-state index is 12.4. The molecule has 0 saturated heterocycles. The van der Waals surface area contributed by atoms with E-state index in [1.54, 1.807) is 0 Å². The van der Waals surface area contributed by atoms with Crippen LogP contribution >= 0.6 is 0 Å². The van der Waals surface area contributed by atoms with Crippen LogP contribution in [0.2, 0.25) is 0 Å². The predicted molar refractivity (Wildman–Crippen MR) is 60.9 cm³/mol. The molecule has 0 spiro atoms. The average Bonchev–Trinajstić information content (AvgIpc) is 2.26. The maximum atomic E-state index is 12.4. The minimum absolute atomic E-state index is 0.176. The molecule has 0 aromatic heterocycles. The van der Waals surface area contributed by atoms with Crippen molar-refractivity contribution < 1.29 is 17.9 Å². The molecule has 1 rings (SSSR count). The standard InChI is InChI=1S/C13H15F3O/c1-3-5-10(2)9-17-12-7-4-6-11(8-12)13(14,15)16/h3-8,10H,9H2,1-2H3/b5-3+/t10-/m1/s1. The Labute approximate surface area is 98.9 Å². The van der Waals surface area contributed by atoms with Crippen LogP contribution in [0.5, 0.6) is 5.75 Å². The quantitative estimate of drug-likeness (QED) is 0.718. The van der Waals surface area contributed by atoms with E-state index < -0.39 is 11.7 Å². The summed E-state index contributed by atoms with van der Waals surface area (Å²) in [6, 6.07) is 4.92. The molecule has 1 aromatic carbocycles. The second kappa shape index (κ2) is 5.75. The third-order valence-corrected chi connectivity index (χ3v) is 2.20. The summed E-state index contributed by atoms with van der Waals surface area (Å²) in [5.74, 6) is 0.422. The Hall–Kier alpha value is -1.45. The number of hydrogen-bond acceptors (Lipinski definition) is 1. The highest BCUT2D eigenvalue weighted by molar-refractivity contribution is 5.30. The summed E-state index contributed by atoms with van der Waals surface area (Å²) >= 11 is 0. The highest BCUT2D eigenvalue weighted by Crippen LogP contribution is 2.31. The smallest absolute Gasteiger partial charge is 0.416 e. The molecular formula is C13H15F3O. The second-order valence-electron chi connectivity index (χ2n) is 3.84. The van der Waals surface area contributed by atoms with E-state index in [0.29, 0.717) is 6.61 Å². The van der Waals surface area contributed by atoms with Gasteiger partial charge in [0.25, 0.3) is 0 Å². The van der Waals surface area contributed by atoms with E-state index in [-0.39, 0.29) is 11.7 Å². The molecule has 4 heteroatoms. The van der Waals surface area contributed by atoms with Crippen LogP contribution in [0.1, 0.15) is 19.4 Å². The van der Waals surface area contributed by atoms with Crippen LogP contribution in [0.3, 0.4) is 0 Å². The number of hydrogen-bond donors (Lipinski definition) is 0. The van der Waals surface area contributed by atoms with E-state index in [1.807, 2.05) is 26.0 Å². The molecule has 0 amide bonds. The fraction of sp³-hybridized carbons (Fsp3) is 0.385. The van der Waals surface area contributed by atoms with Crippen molar-refractivity contribution in [3.05, 3.63) is 42.0 Å². The molecule has 1 atom stereocenters. The number of benzene rings is 1. The normalized spacial score (nSPS) is 13.9. The van der Waals surface area contributed by atoms with Gasteiger partial charge in [0.05, 0.1) is 12.2 Å². The molecule has 1 nitrogen and oxygen atoms in total. The Morgan fingerprint density at radius 1 is 1.35 bits per heavy atom. The van der Waals surface area contributed by atoms with E-state index in [1.165, 1.54) is 12.1 Å². The zero-order valence-electron chi connectivity index (χ0n) is 9.79. The predicted octanol–water partition coefficient (Wildman–Crippen LogP) is 4.30. The maximum Gasteiger partial charge on any atom is 0.416 e. The second-order valence-corrected chi connectivity index (χ2v) is 3.84. The largest absolute Gasteiger partial charge is 0.493 e. The SMILES string of the molecule is C/C=C/[C@@H](C)COc1cccc(C(F)(F)F)c1. The summed E-state index contributed by atoms with van der Waals surface area (Å²) in [5.41, 5.74) is -0.686. The zero-order valence-corrected chi connectivity index (χ0v) is 9.79. The summed E-state index contributed by atoms with van der Waals surface area (Å²) in [5, 5.41) is 0. The van der Waals surface area contributed by atoms with Crippen LogP contribution in [-0.4, -0.2) is 6.61 Å². The summed E-state index contributed by atoms with van der Waals surface area (Å²) in [4.78, 5) is 0. The van der Waals surface area contributed by atoms with Crippen LogP contribution in [-0.2, 0) is 6.18 Å². The van der Waals surface area contributed by atoms with Crippen molar-refractivity contribution in [3.63, 3.8) is 0 Å². The van der Waals surface area contributed by atoms with Crippen LogP contribution in [0.15, 0.2) is 36.4 Å². The van der Waals surface area contributed by atoms with Gasteiger partial charge < -0.3 is 4.74 Å². The van der Waals surface area contributed by atoms with Crippen molar-refractivity contribution in [1.82, 2.24) is 0 Å². The number of allylic oxidation sites excluding steroid dienone is 1. The molecule has 0 radical (unpaired) electrons. The molecule has 0 heterocycles.